The van der Waals surface area contributed by atoms with E-state index in [1.165, 1.54) is 24.8 Å². The van der Waals surface area contributed by atoms with Crippen LogP contribution in [0.3, 0.4) is 0 Å². The Morgan fingerprint density at radius 2 is 1.28 bits per heavy atom. The molecule has 0 aliphatic rings. The Balaban J connectivity index is 1.84. The first-order valence-corrected chi connectivity index (χ1v) is 14.3. The largest absolute Gasteiger partial charge is 0.453 e. The van der Waals surface area contributed by atoms with Gasteiger partial charge in [0.05, 0.1) is 24.4 Å². The first kappa shape index (κ1) is 33.1. The van der Waals surface area contributed by atoms with Crippen molar-refractivity contribution in [2.75, 3.05) is 26.8 Å². The average Bonchev–Trinajstić information content (AvgIpc) is 3.04. The second-order valence-electron chi connectivity index (χ2n) is 9.95. The lowest BCUT2D eigenvalue weighted by molar-refractivity contribution is -0.147. The van der Waals surface area contributed by atoms with E-state index < -0.39 is 38.7 Å². The highest BCUT2D eigenvalue weighted by atomic mass is 16.7. The molecule has 0 heterocycles. The molecule has 0 spiro atoms. The molecule has 0 bridgehead atoms. The molecule has 0 radical (unpaired) electrons. The first-order chi connectivity index (χ1) is 20.8. The van der Waals surface area contributed by atoms with Crippen LogP contribution in [0.2, 0.25) is 0 Å². The SMILES string of the molecule is C=C(CO)C(=O)OCOc1ccc(-c2ccc(-c3ccc(CCCCC)cc3)cc2CC)cc1OCOC(=O)C(=C)CO. The highest BCUT2D eigenvalue weighted by Crippen LogP contribution is 2.36. The number of rotatable bonds is 17. The molecule has 0 amide bonds. The fraction of sp³-hybridized carbons (Fsp3) is 0.314. The van der Waals surface area contributed by atoms with Crippen LogP contribution in [0.25, 0.3) is 22.3 Å². The molecule has 0 aromatic heterocycles. The maximum absolute atomic E-state index is 11.9. The molecule has 8 nitrogen and oxygen atoms in total. The number of hydrogen-bond acceptors (Lipinski definition) is 8. The number of esters is 2. The highest BCUT2D eigenvalue weighted by molar-refractivity contribution is 5.88. The van der Waals surface area contributed by atoms with E-state index in [1.807, 2.05) is 6.07 Å². The third-order valence-corrected chi connectivity index (χ3v) is 6.87. The van der Waals surface area contributed by atoms with E-state index in [1.54, 1.807) is 12.1 Å². The standard InChI is InChI=1S/C35H40O8/c1-5-7-8-9-26-10-12-28(13-11-26)29-14-16-31(27(6-2)18-29)30-15-17-32(40-22-42-34(38)24(3)20-36)33(19-30)41-23-43-35(39)25(4)21-37/h10-19,36-37H,3-9,20-23H2,1-2H3. The average molecular weight is 589 g/mol. The van der Waals surface area contributed by atoms with Crippen LogP contribution in [-0.2, 0) is 31.9 Å². The molecule has 43 heavy (non-hydrogen) atoms. The zero-order valence-corrected chi connectivity index (χ0v) is 24.9. The van der Waals surface area contributed by atoms with E-state index in [2.05, 4.69) is 69.5 Å². The Labute approximate surface area is 253 Å². The smallest absolute Gasteiger partial charge is 0.338 e. The first-order valence-electron chi connectivity index (χ1n) is 14.3. The van der Waals surface area contributed by atoms with Gasteiger partial charge in [-0.1, -0.05) is 88.4 Å². The number of carbonyl (C=O) groups excluding carboxylic acids is 2. The van der Waals surface area contributed by atoms with Crippen LogP contribution in [0.4, 0.5) is 0 Å². The minimum absolute atomic E-state index is 0.107. The van der Waals surface area contributed by atoms with Gasteiger partial charge in [-0.15, -0.1) is 0 Å². The Morgan fingerprint density at radius 1 is 0.698 bits per heavy atom. The fourth-order valence-corrected chi connectivity index (χ4v) is 4.32. The van der Waals surface area contributed by atoms with Gasteiger partial charge >= 0.3 is 11.9 Å². The summed E-state index contributed by atoms with van der Waals surface area (Å²) in [6.07, 6.45) is 5.53. The van der Waals surface area contributed by atoms with Gasteiger partial charge in [0, 0.05) is 0 Å². The van der Waals surface area contributed by atoms with Gasteiger partial charge < -0.3 is 29.2 Å². The second-order valence-corrected chi connectivity index (χ2v) is 9.95. The van der Waals surface area contributed by atoms with Crippen molar-refractivity contribution in [2.45, 2.75) is 46.0 Å². The van der Waals surface area contributed by atoms with E-state index in [9.17, 15) is 9.59 Å². The highest BCUT2D eigenvalue weighted by Gasteiger charge is 2.15. The zero-order valence-electron chi connectivity index (χ0n) is 24.9. The molecule has 0 atom stereocenters. The second kappa shape index (κ2) is 16.9. The Kier molecular flexibility index (Phi) is 13.0. The zero-order chi connectivity index (χ0) is 31.2. The van der Waals surface area contributed by atoms with Crippen LogP contribution in [0.1, 0.15) is 44.2 Å². The van der Waals surface area contributed by atoms with Crippen molar-refractivity contribution in [3.05, 3.63) is 96.1 Å². The van der Waals surface area contributed by atoms with Crippen LogP contribution in [0.15, 0.2) is 85.0 Å². The lowest BCUT2D eigenvalue weighted by Crippen LogP contribution is -2.15. The molecule has 3 aromatic carbocycles. The molecule has 0 aliphatic heterocycles. The van der Waals surface area contributed by atoms with E-state index in [-0.39, 0.29) is 22.6 Å². The minimum atomic E-state index is -0.796. The lowest BCUT2D eigenvalue weighted by atomic mass is 9.93. The van der Waals surface area contributed by atoms with Crippen LogP contribution >= 0.6 is 0 Å². The number of aryl methyl sites for hydroxylation is 2. The van der Waals surface area contributed by atoms with Gasteiger partial charge in [0.2, 0.25) is 13.6 Å². The van der Waals surface area contributed by atoms with E-state index in [0.29, 0.717) is 0 Å². The summed E-state index contributed by atoms with van der Waals surface area (Å²) < 4.78 is 21.3. The summed E-state index contributed by atoms with van der Waals surface area (Å²) >= 11 is 0. The van der Waals surface area contributed by atoms with Gasteiger partial charge in [-0.2, -0.15) is 0 Å². The van der Waals surface area contributed by atoms with Crippen LogP contribution < -0.4 is 9.47 Å². The molecule has 0 fully saturated rings. The molecule has 0 saturated carbocycles. The van der Waals surface area contributed by atoms with Crippen molar-refractivity contribution in [2.24, 2.45) is 0 Å². The molecule has 228 valence electrons. The molecular formula is C35H40O8. The Bertz CT molecular complexity index is 1410. The van der Waals surface area contributed by atoms with E-state index in [4.69, 9.17) is 29.2 Å². The number of carbonyl (C=O) groups is 2. The number of benzene rings is 3. The van der Waals surface area contributed by atoms with E-state index >= 15 is 0 Å². The van der Waals surface area contributed by atoms with Crippen LogP contribution in [0.5, 0.6) is 11.5 Å². The summed E-state index contributed by atoms with van der Waals surface area (Å²) in [5, 5.41) is 18.1. The number of aliphatic hydroxyl groups is 2. The predicted molar refractivity (Wildman–Crippen MR) is 166 cm³/mol. The normalized spacial score (nSPS) is 10.6. The van der Waals surface area contributed by atoms with Gasteiger partial charge in [-0.25, -0.2) is 9.59 Å². The van der Waals surface area contributed by atoms with Gasteiger partial charge in [-0.3, -0.25) is 0 Å². The molecule has 0 unspecified atom stereocenters. The summed E-state index contributed by atoms with van der Waals surface area (Å²) in [4.78, 5) is 23.7. The minimum Gasteiger partial charge on any atom is -0.453 e. The van der Waals surface area contributed by atoms with E-state index in [0.717, 1.165) is 40.7 Å². The van der Waals surface area contributed by atoms with Gasteiger partial charge in [-0.05, 0) is 64.8 Å². The third-order valence-electron chi connectivity index (χ3n) is 6.87. The molecular weight excluding hydrogens is 548 g/mol. The number of ether oxygens (including phenoxy) is 4. The molecule has 2 N–H and O–H groups in total. The number of hydrogen-bond donors (Lipinski definition) is 2. The van der Waals surface area contributed by atoms with Gasteiger partial charge in [0.25, 0.3) is 0 Å². The van der Waals surface area contributed by atoms with Crippen molar-refractivity contribution in [1.82, 2.24) is 0 Å². The molecule has 0 aliphatic carbocycles. The summed E-state index contributed by atoms with van der Waals surface area (Å²) in [7, 11) is 0. The quantitative estimate of drug-likeness (QED) is 0.0834. The topological polar surface area (TPSA) is 112 Å². The van der Waals surface area contributed by atoms with Gasteiger partial charge in [0.15, 0.2) is 11.5 Å². The third kappa shape index (κ3) is 9.56. The Morgan fingerprint density at radius 3 is 1.86 bits per heavy atom. The summed E-state index contributed by atoms with van der Waals surface area (Å²) in [6.45, 7) is 9.17. The van der Waals surface area contributed by atoms with Crippen LogP contribution in [-0.4, -0.2) is 49.0 Å². The fourth-order valence-electron chi connectivity index (χ4n) is 4.32. The maximum Gasteiger partial charge on any atom is 0.338 e. The van der Waals surface area contributed by atoms with Crippen molar-refractivity contribution < 1.29 is 38.7 Å². The predicted octanol–water partition coefficient (Wildman–Crippen LogP) is 6.17. The van der Waals surface area contributed by atoms with Crippen LogP contribution in [0, 0.1) is 0 Å². The molecule has 0 saturated heterocycles. The number of unbranched alkanes of at least 4 members (excludes halogenated alkanes) is 2. The summed E-state index contributed by atoms with van der Waals surface area (Å²) in [5.41, 5.74) is 6.37. The monoisotopic (exact) mass is 588 g/mol. The Hall–Kier alpha value is -4.40. The summed E-state index contributed by atoms with van der Waals surface area (Å²) in [5.74, 6) is -1.12. The lowest BCUT2D eigenvalue weighted by Gasteiger charge is -2.16. The molecule has 8 heteroatoms. The van der Waals surface area contributed by atoms with Crippen molar-refractivity contribution in [3.8, 4) is 33.8 Å². The number of aliphatic hydroxyl groups excluding tert-OH is 2. The van der Waals surface area contributed by atoms with Gasteiger partial charge in [0.1, 0.15) is 0 Å². The van der Waals surface area contributed by atoms with Crippen molar-refractivity contribution >= 4 is 11.9 Å². The van der Waals surface area contributed by atoms with Crippen molar-refractivity contribution in [1.29, 1.82) is 0 Å². The molecule has 3 aromatic rings. The maximum atomic E-state index is 11.9. The van der Waals surface area contributed by atoms with Crippen molar-refractivity contribution in [3.63, 3.8) is 0 Å². The summed E-state index contributed by atoms with van der Waals surface area (Å²) in [6, 6.07) is 20.3. The molecule has 3 rings (SSSR count).